The van der Waals surface area contributed by atoms with Crippen molar-refractivity contribution >= 4 is 5.82 Å². The fourth-order valence-corrected chi connectivity index (χ4v) is 1.84. The van der Waals surface area contributed by atoms with E-state index in [9.17, 15) is 4.39 Å². The maximum atomic E-state index is 13.1. The number of hydrogen-bond acceptors (Lipinski definition) is 4. The summed E-state index contributed by atoms with van der Waals surface area (Å²) in [4.78, 5) is 9.65. The van der Waals surface area contributed by atoms with Crippen molar-refractivity contribution in [1.29, 1.82) is 0 Å². The molecule has 0 atom stereocenters. The van der Waals surface area contributed by atoms with Crippen molar-refractivity contribution in [2.24, 2.45) is 0 Å². The zero-order chi connectivity index (χ0) is 11.7. The molecule has 2 aromatic rings. The van der Waals surface area contributed by atoms with Crippen LogP contribution in [-0.2, 0) is 6.54 Å². The maximum absolute atomic E-state index is 13.1. The Bertz CT molecular complexity index is 496. The summed E-state index contributed by atoms with van der Waals surface area (Å²) in [5.41, 5.74) is 0. The van der Waals surface area contributed by atoms with Crippen LogP contribution < -0.4 is 4.90 Å². The predicted molar refractivity (Wildman–Crippen MR) is 59.9 cm³/mol. The molecular formula is C12H12FN3O. The molecule has 1 aliphatic rings. The van der Waals surface area contributed by atoms with E-state index in [2.05, 4.69) is 14.9 Å². The van der Waals surface area contributed by atoms with Crippen molar-refractivity contribution in [2.75, 3.05) is 4.90 Å². The van der Waals surface area contributed by atoms with Crippen LogP contribution in [0.15, 0.2) is 35.2 Å². The lowest BCUT2D eigenvalue weighted by molar-refractivity contribution is 0.499. The fourth-order valence-electron chi connectivity index (χ4n) is 1.84. The first-order chi connectivity index (χ1) is 8.33. The number of aromatic nitrogens is 2. The minimum atomic E-state index is -0.500. The molecule has 5 heteroatoms. The lowest BCUT2D eigenvalue weighted by Gasteiger charge is -2.21. The molecule has 2 heterocycles. The molecule has 0 radical (unpaired) electrons. The van der Waals surface area contributed by atoms with E-state index in [4.69, 9.17) is 4.42 Å². The van der Waals surface area contributed by atoms with Gasteiger partial charge in [0.25, 0.3) is 0 Å². The van der Waals surface area contributed by atoms with Crippen molar-refractivity contribution in [3.8, 4) is 0 Å². The first kappa shape index (κ1) is 10.3. The smallest absolute Gasteiger partial charge is 0.218 e. The molecule has 0 bridgehead atoms. The van der Waals surface area contributed by atoms with Gasteiger partial charge in [0.05, 0.1) is 12.8 Å². The molecule has 4 nitrogen and oxygen atoms in total. The number of hydrogen-bond donors (Lipinski definition) is 0. The van der Waals surface area contributed by atoms with Gasteiger partial charge in [-0.1, -0.05) is 0 Å². The third kappa shape index (κ3) is 2.27. The maximum Gasteiger partial charge on any atom is 0.218 e. The quantitative estimate of drug-likeness (QED) is 0.760. The lowest BCUT2D eigenvalue weighted by atomic mass is 10.3. The summed E-state index contributed by atoms with van der Waals surface area (Å²) >= 11 is 0. The summed E-state index contributed by atoms with van der Waals surface area (Å²) in [5.74, 6) is 0.979. The Labute approximate surface area is 98.1 Å². The number of furan rings is 1. The molecule has 0 spiro atoms. The zero-order valence-corrected chi connectivity index (χ0v) is 9.21. The Kier molecular flexibility index (Phi) is 2.51. The van der Waals surface area contributed by atoms with Gasteiger partial charge >= 0.3 is 0 Å². The van der Waals surface area contributed by atoms with Gasteiger partial charge in [0.1, 0.15) is 17.9 Å². The van der Waals surface area contributed by atoms with E-state index in [0.29, 0.717) is 18.4 Å². The molecular weight excluding hydrogens is 221 g/mol. The molecule has 0 saturated heterocycles. The van der Waals surface area contributed by atoms with Gasteiger partial charge in [-0.15, -0.1) is 0 Å². The molecule has 17 heavy (non-hydrogen) atoms. The highest BCUT2D eigenvalue weighted by atomic mass is 19.1. The Morgan fingerprint density at radius 3 is 2.94 bits per heavy atom. The van der Waals surface area contributed by atoms with E-state index in [1.807, 2.05) is 12.1 Å². The minimum Gasteiger partial charge on any atom is -0.467 e. The molecule has 1 saturated carbocycles. The second-order valence-corrected chi connectivity index (χ2v) is 4.14. The number of rotatable bonds is 4. The lowest BCUT2D eigenvalue weighted by Crippen LogP contribution is -2.25. The van der Waals surface area contributed by atoms with Crippen LogP contribution in [0, 0.1) is 5.95 Å². The van der Waals surface area contributed by atoms with E-state index in [1.54, 1.807) is 6.26 Å². The molecule has 3 rings (SSSR count). The molecule has 0 amide bonds. The van der Waals surface area contributed by atoms with Crippen LogP contribution in [-0.4, -0.2) is 16.0 Å². The summed E-state index contributed by atoms with van der Waals surface area (Å²) < 4.78 is 18.4. The molecule has 2 aromatic heterocycles. The van der Waals surface area contributed by atoms with Gasteiger partial charge in [0, 0.05) is 12.1 Å². The second-order valence-electron chi connectivity index (χ2n) is 4.14. The van der Waals surface area contributed by atoms with Gasteiger partial charge in [-0.05, 0) is 25.0 Å². The highest BCUT2D eigenvalue weighted by Crippen LogP contribution is 2.31. The van der Waals surface area contributed by atoms with Crippen LogP contribution >= 0.6 is 0 Å². The highest BCUT2D eigenvalue weighted by Gasteiger charge is 2.30. The minimum absolute atomic E-state index is 0.439. The first-order valence-electron chi connectivity index (χ1n) is 5.59. The highest BCUT2D eigenvalue weighted by molar-refractivity contribution is 5.40. The normalized spacial score (nSPS) is 14.9. The van der Waals surface area contributed by atoms with Crippen molar-refractivity contribution in [3.63, 3.8) is 0 Å². The van der Waals surface area contributed by atoms with Gasteiger partial charge in [-0.3, -0.25) is 0 Å². The molecule has 0 unspecified atom stereocenters. The topological polar surface area (TPSA) is 42.2 Å². The molecule has 0 aromatic carbocycles. The Balaban J connectivity index is 1.85. The van der Waals surface area contributed by atoms with Crippen LogP contribution in [0.2, 0.25) is 0 Å². The Morgan fingerprint density at radius 2 is 2.29 bits per heavy atom. The third-order valence-corrected chi connectivity index (χ3v) is 2.81. The molecule has 1 fully saturated rings. The molecule has 0 N–H and O–H groups in total. The first-order valence-corrected chi connectivity index (χ1v) is 5.59. The van der Waals surface area contributed by atoms with Gasteiger partial charge in [-0.25, -0.2) is 9.97 Å². The van der Waals surface area contributed by atoms with Crippen molar-refractivity contribution in [1.82, 2.24) is 9.97 Å². The van der Waals surface area contributed by atoms with E-state index in [0.717, 1.165) is 18.6 Å². The summed E-state index contributed by atoms with van der Waals surface area (Å²) in [7, 11) is 0. The van der Waals surface area contributed by atoms with Crippen molar-refractivity contribution in [3.05, 3.63) is 42.5 Å². The number of halogens is 1. The van der Waals surface area contributed by atoms with Crippen molar-refractivity contribution in [2.45, 2.75) is 25.4 Å². The molecule has 0 aliphatic heterocycles. The van der Waals surface area contributed by atoms with E-state index < -0.39 is 5.95 Å². The third-order valence-electron chi connectivity index (χ3n) is 2.81. The van der Waals surface area contributed by atoms with E-state index in [-0.39, 0.29) is 0 Å². The van der Waals surface area contributed by atoms with E-state index in [1.165, 1.54) is 12.4 Å². The van der Waals surface area contributed by atoms with Gasteiger partial charge < -0.3 is 9.32 Å². The number of anilines is 1. The zero-order valence-electron chi connectivity index (χ0n) is 9.21. The molecule has 1 aliphatic carbocycles. The van der Waals surface area contributed by atoms with Crippen LogP contribution in [0.4, 0.5) is 10.2 Å². The average Bonchev–Trinajstić information content (AvgIpc) is 3.03. The van der Waals surface area contributed by atoms with Crippen LogP contribution in [0.5, 0.6) is 0 Å². The summed E-state index contributed by atoms with van der Waals surface area (Å²) in [6.07, 6.45) is 5.13. The van der Waals surface area contributed by atoms with Gasteiger partial charge in [0.2, 0.25) is 5.95 Å². The Hall–Kier alpha value is -1.91. The SMILES string of the molecule is Fc1cc(N(Cc2ccco2)C2CC2)ncn1. The van der Waals surface area contributed by atoms with Crippen LogP contribution in [0.1, 0.15) is 18.6 Å². The summed E-state index contributed by atoms with van der Waals surface area (Å²) in [5, 5.41) is 0. The van der Waals surface area contributed by atoms with Crippen LogP contribution in [0.3, 0.4) is 0 Å². The number of nitrogens with zero attached hydrogens (tertiary/aromatic N) is 3. The monoisotopic (exact) mass is 233 g/mol. The van der Waals surface area contributed by atoms with Gasteiger partial charge in [0.15, 0.2) is 0 Å². The second kappa shape index (κ2) is 4.16. The summed E-state index contributed by atoms with van der Waals surface area (Å²) in [6.45, 7) is 0.619. The van der Waals surface area contributed by atoms with E-state index >= 15 is 0 Å². The fraction of sp³-hybridized carbons (Fsp3) is 0.333. The van der Waals surface area contributed by atoms with Crippen LogP contribution in [0.25, 0.3) is 0 Å². The molecule has 88 valence electrons. The van der Waals surface area contributed by atoms with Gasteiger partial charge in [-0.2, -0.15) is 4.39 Å². The summed E-state index contributed by atoms with van der Waals surface area (Å²) in [6, 6.07) is 5.56. The predicted octanol–water partition coefficient (Wildman–Crippen LogP) is 2.38. The standard InChI is InChI=1S/C12H12FN3O/c13-11-6-12(15-8-14-11)16(9-3-4-9)7-10-2-1-5-17-10/h1-2,5-6,8-9H,3-4,7H2. The van der Waals surface area contributed by atoms with Crippen molar-refractivity contribution < 1.29 is 8.81 Å². The largest absolute Gasteiger partial charge is 0.467 e. The average molecular weight is 233 g/mol. The Morgan fingerprint density at radius 1 is 1.41 bits per heavy atom.